The van der Waals surface area contributed by atoms with Gasteiger partial charge in [0.05, 0.1) is 5.69 Å². The van der Waals surface area contributed by atoms with Gasteiger partial charge in [-0.15, -0.1) is 0 Å². The molecule has 1 heterocycles. The van der Waals surface area contributed by atoms with Crippen LogP contribution in [-0.4, -0.2) is 9.78 Å². The molecule has 1 aliphatic carbocycles. The van der Waals surface area contributed by atoms with Gasteiger partial charge in [0.15, 0.2) is 0 Å². The average molecular weight is 249 g/mol. The Bertz CT molecular complexity index is 387. The van der Waals surface area contributed by atoms with Gasteiger partial charge in [-0.3, -0.25) is 4.68 Å². The minimum atomic E-state index is 0.640. The summed E-state index contributed by atoms with van der Waals surface area (Å²) in [7, 11) is 1.96. The van der Waals surface area contributed by atoms with Gasteiger partial charge in [0.2, 0.25) is 0 Å². The highest BCUT2D eigenvalue weighted by atomic mass is 15.3. The summed E-state index contributed by atoms with van der Waals surface area (Å²) in [6.45, 7) is 4.49. The van der Waals surface area contributed by atoms with Crippen LogP contribution in [0.2, 0.25) is 0 Å². The molecular formula is C15H27N3. The van der Waals surface area contributed by atoms with Crippen molar-refractivity contribution < 1.29 is 0 Å². The lowest BCUT2D eigenvalue weighted by Crippen LogP contribution is -2.03. The second kappa shape index (κ2) is 5.77. The van der Waals surface area contributed by atoms with Crippen LogP contribution in [0.3, 0.4) is 0 Å². The van der Waals surface area contributed by atoms with Gasteiger partial charge in [0.25, 0.3) is 0 Å². The normalized spacial score (nSPS) is 16.9. The third-order valence-corrected chi connectivity index (χ3v) is 4.15. The molecule has 1 fully saturated rings. The van der Waals surface area contributed by atoms with E-state index in [4.69, 9.17) is 5.73 Å². The van der Waals surface area contributed by atoms with Gasteiger partial charge in [-0.1, -0.05) is 39.5 Å². The third-order valence-electron chi connectivity index (χ3n) is 4.15. The van der Waals surface area contributed by atoms with E-state index in [9.17, 15) is 0 Å². The molecule has 0 saturated heterocycles. The Kier molecular flexibility index (Phi) is 4.31. The van der Waals surface area contributed by atoms with Crippen molar-refractivity contribution in [2.24, 2.45) is 18.9 Å². The number of aromatic nitrogens is 2. The van der Waals surface area contributed by atoms with Crippen molar-refractivity contribution in [2.45, 2.75) is 58.8 Å². The minimum absolute atomic E-state index is 0.640. The first-order valence-corrected chi connectivity index (χ1v) is 7.38. The maximum atomic E-state index is 6.14. The Balaban J connectivity index is 2.03. The predicted molar refractivity (Wildman–Crippen MR) is 76.4 cm³/mol. The van der Waals surface area contributed by atoms with E-state index in [1.165, 1.54) is 43.4 Å². The quantitative estimate of drug-likeness (QED) is 0.870. The van der Waals surface area contributed by atoms with Crippen molar-refractivity contribution in [3.8, 4) is 0 Å². The van der Waals surface area contributed by atoms with E-state index in [1.807, 2.05) is 11.7 Å². The largest absolute Gasteiger partial charge is 0.384 e. The molecule has 0 bridgehead atoms. The Morgan fingerprint density at radius 3 is 2.61 bits per heavy atom. The van der Waals surface area contributed by atoms with Crippen molar-refractivity contribution in [1.29, 1.82) is 0 Å². The highest BCUT2D eigenvalue weighted by Crippen LogP contribution is 2.30. The first kappa shape index (κ1) is 13.4. The van der Waals surface area contributed by atoms with Gasteiger partial charge in [-0.05, 0) is 31.1 Å². The van der Waals surface area contributed by atoms with Crippen LogP contribution in [0.25, 0.3) is 0 Å². The number of nitrogen functional groups attached to an aromatic ring is 1. The number of nitrogens with two attached hydrogens (primary N) is 1. The number of hydrogen-bond donors (Lipinski definition) is 1. The number of hydrogen-bond acceptors (Lipinski definition) is 2. The Morgan fingerprint density at radius 1 is 1.33 bits per heavy atom. The van der Waals surface area contributed by atoms with E-state index in [0.29, 0.717) is 5.92 Å². The van der Waals surface area contributed by atoms with Gasteiger partial charge in [0.1, 0.15) is 5.82 Å². The summed E-state index contributed by atoms with van der Waals surface area (Å²) in [5.74, 6) is 2.44. The van der Waals surface area contributed by atoms with E-state index in [0.717, 1.165) is 24.6 Å². The van der Waals surface area contributed by atoms with E-state index in [2.05, 4.69) is 18.9 Å². The van der Waals surface area contributed by atoms with Gasteiger partial charge < -0.3 is 5.73 Å². The fraction of sp³-hybridized carbons (Fsp3) is 0.800. The fourth-order valence-corrected chi connectivity index (χ4v) is 3.11. The van der Waals surface area contributed by atoms with Crippen LogP contribution >= 0.6 is 0 Å². The molecule has 0 radical (unpaired) electrons. The molecule has 0 unspecified atom stereocenters. The maximum absolute atomic E-state index is 6.14. The van der Waals surface area contributed by atoms with Crippen LogP contribution < -0.4 is 5.73 Å². The molecule has 0 aromatic carbocycles. The summed E-state index contributed by atoms with van der Waals surface area (Å²) in [5.41, 5.74) is 8.68. The number of aryl methyl sites for hydroxylation is 2. The highest BCUT2D eigenvalue weighted by molar-refractivity contribution is 5.43. The van der Waals surface area contributed by atoms with Crippen molar-refractivity contribution in [3.63, 3.8) is 0 Å². The lowest BCUT2D eigenvalue weighted by molar-refractivity contribution is 0.497. The van der Waals surface area contributed by atoms with Crippen molar-refractivity contribution >= 4 is 5.82 Å². The SMILES string of the molecule is CC(C)Cc1c(CCC2CCCC2)nn(C)c1N. The molecule has 0 spiro atoms. The van der Waals surface area contributed by atoms with Crippen LogP contribution in [-0.2, 0) is 19.9 Å². The molecule has 0 atom stereocenters. The lowest BCUT2D eigenvalue weighted by Gasteiger charge is -2.09. The van der Waals surface area contributed by atoms with Crippen molar-refractivity contribution in [1.82, 2.24) is 9.78 Å². The molecule has 1 aromatic rings. The Hall–Kier alpha value is -0.990. The summed E-state index contributed by atoms with van der Waals surface area (Å²) in [6.07, 6.45) is 9.14. The topological polar surface area (TPSA) is 43.8 Å². The first-order chi connectivity index (χ1) is 8.58. The number of nitrogens with zero attached hydrogens (tertiary/aromatic N) is 2. The molecule has 0 aliphatic heterocycles. The zero-order valence-corrected chi connectivity index (χ0v) is 12.1. The minimum Gasteiger partial charge on any atom is -0.384 e. The molecule has 1 aromatic heterocycles. The van der Waals surface area contributed by atoms with Crippen LogP contribution in [0.1, 0.15) is 57.2 Å². The summed E-state index contributed by atoms with van der Waals surface area (Å²) < 4.78 is 1.85. The number of rotatable bonds is 5. The molecule has 1 saturated carbocycles. The predicted octanol–water partition coefficient (Wildman–Crippen LogP) is 3.32. The van der Waals surface area contributed by atoms with Gasteiger partial charge in [-0.25, -0.2) is 0 Å². The summed E-state index contributed by atoms with van der Waals surface area (Å²) >= 11 is 0. The molecule has 18 heavy (non-hydrogen) atoms. The van der Waals surface area contributed by atoms with Crippen molar-refractivity contribution in [3.05, 3.63) is 11.3 Å². The van der Waals surface area contributed by atoms with E-state index in [1.54, 1.807) is 0 Å². The van der Waals surface area contributed by atoms with E-state index < -0.39 is 0 Å². The highest BCUT2D eigenvalue weighted by Gasteiger charge is 2.19. The molecule has 3 nitrogen and oxygen atoms in total. The van der Waals surface area contributed by atoms with Gasteiger partial charge >= 0.3 is 0 Å². The molecule has 1 aliphatic rings. The van der Waals surface area contributed by atoms with Crippen LogP contribution in [0.4, 0.5) is 5.82 Å². The van der Waals surface area contributed by atoms with Crippen molar-refractivity contribution in [2.75, 3.05) is 5.73 Å². The summed E-state index contributed by atoms with van der Waals surface area (Å²) in [4.78, 5) is 0. The first-order valence-electron chi connectivity index (χ1n) is 7.38. The van der Waals surface area contributed by atoms with Crippen LogP contribution in [0.15, 0.2) is 0 Å². The van der Waals surface area contributed by atoms with Crippen LogP contribution in [0, 0.1) is 11.8 Å². The zero-order valence-electron chi connectivity index (χ0n) is 12.1. The van der Waals surface area contributed by atoms with E-state index >= 15 is 0 Å². The average Bonchev–Trinajstić information content (AvgIpc) is 2.90. The molecule has 2 N–H and O–H groups in total. The van der Waals surface area contributed by atoms with Crippen LogP contribution in [0.5, 0.6) is 0 Å². The maximum Gasteiger partial charge on any atom is 0.124 e. The van der Waals surface area contributed by atoms with E-state index in [-0.39, 0.29) is 0 Å². The molecule has 2 rings (SSSR count). The molecule has 102 valence electrons. The Labute approximate surface area is 111 Å². The van der Waals surface area contributed by atoms with Gasteiger partial charge in [0, 0.05) is 12.6 Å². The monoisotopic (exact) mass is 249 g/mol. The fourth-order valence-electron chi connectivity index (χ4n) is 3.11. The third kappa shape index (κ3) is 3.06. The second-order valence-electron chi connectivity index (χ2n) is 6.22. The summed E-state index contributed by atoms with van der Waals surface area (Å²) in [6, 6.07) is 0. The Morgan fingerprint density at radius 2 is 2.00 bits per heavy atom. The standard InChI is InChI=1S/C15H27N3/c1-11(2)10-13-14(17-18(3)15(13)16)9-8-12-6-4-5-7-12/h11-12H,4-10,16H2,1-3H3. The second-order valence-corrected chi connectivity index (χ2v) is 6.22. The zero-order chi connectivity index (χ0) is 13.1. The number of anilines is 1. The summed E-state index contributed by atoms with van der Waals surface area (Å²) in [5, 5.41) is 4.62. The van der Waals surface area contributed by atoms with Gasteiger partial charge in [-0.2, -0.15) is 5.10 Å². The molecule has 3 heteroatoms. The molecular weight excluding hydrogens is 222 g/mol. The lowest BCUT2D eigenvalue weighted by atomic mass is 9.96. The molecule has 0 amide bonds. The smallest absolute Gasteiger partial charge is 0.124 e.